The lowest BCUT2D eigenvalue weighted by atomic mass is 9.86. The van der Waals surface area contributed by atoms with Gasteiger partial charge < -0.3 is 29.6 Å². The molecule has 1 saturated heterocycles. The fourth-order valence-electron chi connectivity index (χ4n) is 9.63. The van der Waals surface area contributed by atoms with Gasteiger partial charge in [0.05, 0.1) is 55.6 Å². The largest absolute Gasteiger partial charge is 0.379 e. The molecule has 3 heterocycles. The van der Waals surface area contributed by atoms with Crippen LogP contribution in [0.3, 0.4) is 0 Å². The highest BCUT2D eigenvalue weighted by atomic mass is 16.5. The first-order valence-electron chi connectivity index (χ1n) is 25.6. The number of nitrogens with one attached hydrogen (secondary N) is 2. The number of amides is 4. The number of rotatable bonds is 20. The number of ketones is 3. The summed E-state index contributed by atoms with van der Waals surface area (Å²) < 4.78 is 13.0. The molecule has 0 bridgehead atoms. The molecule has 1 atom stereocenters. The van der Waals surface area contributed by atoms with Gasteiger partial charge in [-0.15, -0.1) is 0 Å². The van der Waals surface area contributed by atoms with Gasteiger partial charge in [-0.2, -0.15) is 0 Å². The number of fused-ring (bicyclic) bond motifs is 1. The van der Waals surface area contributed by atoms with Crippen molar-refractivity contribution in [3.8, 4) is 11.3 Å². The second kappa shape index (κ2) is 23.8. The quantitative estimate of drug-likeness (QED) is 0.0490. The topological polar surface area (TPSA) is 207 Å². The Bertz CT molecular complexity index is 3040. The lowest BCUT2D eigenvalue weighted by molar-refractivity contribution is -0.132. The van der Waals surface area contributed by atoms with E-state index < -0.39 is 23.6 Å². The van der Waals surface area contributed by atoms with Crippen LogP contribution in [0, 0.1) is 6.92 Å². The number of Topliss-reactive ketones (excluding diaryl/α,β-unsaturated/α-hetero) is 3. The predicted molar refractivity (Wildman–Crippen MR) is 283 cm³/mol. The molecule has 8 rings (SSSR count). The van der Waals surface area contributed by atoms with Crippen LogP contribution in [-0.4, -0.2) is 137 Å². The third kappa shape index (κ3) is 12.9. The normalized spacial score (nSPS) is 16.1. The van der Waals surface area contributed by atoms with Gasteiger partial charge in [0.15, 0.2) is 11.6 Å². The van der Waals surface area contributed by atoms with Gasteiger partial charge in [-0.05, 0) is 84.3 Å². The maximum atomic E-state index is 13.5. The van der Waals surface area contributed by atoms with Crippen molar-refractivity contribution in [2.45, 2.75) is 77.7 Å². The van der Waals surface area contributed by atoms with Gasteiger partial charge in [0.25, 0.3) is 29.2 Å². The van der Waals surface area contributed by atoms with Crippen molar-refractivity contribution in [1.29, 1.82) is 0 Å². The molecule has 17 heteroatoms. The number of piperazine rings is 1. The highest BCUT2D eigenvalue weighted by Gasteiger charge is 2.45. The summed E-state index contributed by atoms with van der Waals surface area (Å²) in [5.74, 6) is -2.18. The number of nitrogens with zero attached hydrogens (tertiary/aromatic N) is 5. The average molecular weight is 1020 g/mol. The number of carbonyl (C=O) groups excluding carboxylic acids is 7. The second-order valence-corrected chi connectivity index (χ2v) is 20.4. The molecule has 75 heavy (non-hydrogen) atoms. The minimum atomic E-state index is -0.964. The van der Waals surface area contributed by atoms with E-state index in [4.69, 9.17) is 14.5 Å². The Morgan fingerprint density at radius 3 is 2.12 bits per heavy atom. The van der Waals surface area contributed by atoms with Crippen LogP contribution >= 0.6 is 0 Å². The summed E-state index contributed by atoms with van der Waals surface area (Å²) in [6, 6.07) is 24.4. The van der Waals surface area contributed by atoms with Crippen LogP contribution in [0.1, 0.15) is 117 Å². The first kappa shape index (κ1) is 53.8. The van der Waals surface area contributed by atoms with E-state index in [-0.39, 0.29) is 84.1 Å². The summed E-state index contributed by atoms with van der Waals surface area (Å²) in [7, 11) is 1.70. The number of imide groups is 1. The minimum Gasteiger partial charge on any atom is -0.379 e. The zero-order chi connectivity index (χ0) is 53.4. The van der Waals surface area contributed by atoms with Crippen molar-refractivity contribution < 1.29 is 43.0 Å². The van der Waals surface area contributed by atoms with Crippen LogP contribution in [0.2, 0.25) is 0 Å². The van der Waals surface area contributed by atoms with E-state index >= 15 is 0 Å². The molecule has 4 amide bonds. The molecule has 1 saturated carbocycles. The molecule has 2 aliphatic heterocycles. The molecule has 5 aromatic rings. The molecule has 0 radical (unpaired) electrons. The third-order valence-electron chi connectivity index (χ3n) is 14.1. The molecular formula is C58H65N7O10. The van der Waals surface area contributed by atoms with Crippen molar-refractivity contribution in [2.75, 3.05) is 76.3 Å². The summed E-state index contributed by atoms with van der Waals surface area (Å²) >= 11 is 0. The van der Waals surface area contributed by atoms with Crippen molar-refractivity contribution in [2.24, 2.45) is 7.05 Å². The third-order valence-corrected chi connectivity index (χ3v) is 14.1. The summed E-state index contributed by atoms with van der Waals surface area (Å²) in [5, 5.41) is 6.04. The fraction of sp³-hybridized carbons (Fsp3) is 0.397. The smallest absolute Gasteiger partial charge is 0.272 e. The number of hydrogen-bond donors (Lipinski definition) is 2. The Balaban J connectivity index is 0.713. The standard InChI is InChI=1S/C58H65N7O10/c1-37-44(10-6-12-46(37)61-53(69)39-18-20-41(21-19-39)58(2,3)4)49-36-62(5)56(72)48(60-49)33-38-14-16-40(17-15-38)54(70)64-26-24-63(25-27-64)28-30-75-32-31-74-29-8-9-43(67)35-59-47-13-7-11-45-52(47)57(73)65(55(45)71)50-23-22-42(66)34-51(50)68/h6-7,10-21,36,50,59H,8-9,22-35H2,1-5H3,(H,61,69). The van der Waals surface area contributed by atoms with Gasteiger partial charge in [0, 0.05) is 99.9 Å². The lowest BCUT2D eigenvalue weighted by Crippen LogP contribution is -2.49. The molecule has 1 aliphatic carbocycles. The summed E-state index contributed by atoms with van der Waals surface area (Å²) in [6.07, 6.45) is 2.69. The Kier molecular flexibility index (Phi) is 17.1. The number of benzene rings is 4. The predicted octanol–water partition coefficient (Wildman–Crippen LogP) is 6.44. The van der Waals surface area contributed by atoms with E-state index in [0.717, 1.165) is 27.2 Å². The van der Waals surface area contributed by atoms with Crippen LogP contribution in [0.25, 0.3) is 11.3 Å². The fourth-order valence-corrected chi connectivity index (χ4v) is 9.63. The zero-order valence-corrected chi connectivity index (χ0v) is 43.4. The first-order valence-corrected chi connectivity index (χ1v) is 25.6. The monoisotopic (exact) mass is 1020 g/mol. The van der Waals surface area contributed by atoms with E-state index in [1.165, 1.54) is 10.6 Å². The molecule has 0 spiro atoms. The van der Waals surface area contributed by atoms with E-state index in [9.17, 15) is 38.4 Å². The Morgan fingerprint density at radius 1 is 0.760 bits per heavy atom. The Hall–Kier alpha value is -7.47. The SMILES string of the molecule is Cc1c(NC(=O)c2ccc(C(C)(C)C)cc2)cccc1-c1cn(C)c(=O)c(Cc2ccc(C(=O)N3CCN(CCOCCOCCCC(=O)CNc4cccc5c4C(=O)N(C4CCC(=O)CC4=O)C5=O)CC3)cc2)n1. The highest BCUT2D eigenvalue weighted by Crippen LogP contribution is 2.34. The van der Waals surface area contributed by atoms with E-state index in [1.807, 2.05) is 66.4 Å². The summed E-state index contributed by atoms with van der Waals surface area (Å²) in [5.41, 5.74) is 6.75. The number of carbonyl (C=O) groups is 7. The van der Waals surface area contributed by atoms with Crippen molar-refractivity contribution in [3.63, 3.8) is 0 Å². The Labute approximate surface area is 436 Å². The van der Waals surface area contributed by atoms with Gasteiger partial charge in [-0.1, -0.05) is 63.2 Å². The number of ether oxygens (including phenoxy) is 2. The zero-order valence-electron chi connectivity index (χ0n) is 43.4. The van der Waals surface area contributed by atoms with E-state index in [1.54, 1.807) is 37.5 Å². The molecule has 1 unspecified atom stereocenters. The van der Waals surface area contributed by atoms with Crippen LogP contribution in [0.15, 0.2) is 95.9 Å². The minimum absolute atomic E-state index is 0.0231. The van der Waals surface area contributed by atoms with Gasteiger partial charge >= 0.3 is 0 Å². The maximum Gasteiger partial charge on any atom is 0.272 e. The van der Waals surface area contributed by atoms with Crippen LogP contribution in [0.5, 0.6) is 0 Å². The van der Waals surface area contributed by atoms with Gasteiger partial charge in [0.2, 0.25) is 0 Å². The maximum absolute atomic E-state index is 13.5. The molecule has 392 valence electrons. The summed E-state index contributed by atoms with van der Waals surface area (Å²) in [6.45, 7) is 13.2. The molecular weight excluding hydrogens is 955 g/mol. The van der Waals surface area contributed by atoms with Gasteiger partial charge in [0.1, 0.15) is 11.5 Å². The molecule has 1 aromatic heterocycles. The second-order valence-electron chi connectivity index (χ2n) is 20.4. The van der Waals surface area contributed by atoms with Crippen LogP contribution < -0.4 is 16.2 Å². The van der Waals surface area contributed by atoms with Crippen LogP contribution in [-0.2, 0) is 42.7 Å². The van der Waals surface area contributed by atoms with Crippen molar-refractivity contribution in [3.05, 3.63) is 146 Å². The van der Waals surface area contributed by atoms with Crippen molar-refractivity contribution in [1.82, 2.24) is 24.3 Å². The number of aryl methyl sites for hydroxylation is 1. The lowest BCUT2D eigenvalue weighted by Gasteiger charge is -2.34. The molecule has 2 N–H and O–H groups in total. The number of aromatic nitrogens is 2. The van der Waals surface area contributed by atoms with Crippen molar-refractivity contribution >= 4 is 52.4 Å². The number of anilines is 2. The van der Waals surface area contributed by atoms with Gasteiger partial charge in [-0.3, -0.25) is 48.2 Å². The number of hydrogen-bond acceptors (Lipinski definition) is 13. The Morgan fingerprint density at radius 2 is 1.43 bits per heavy atom. The highest BCUT2D eigenvalue weighted by molar-refractivity contribution is 6.25. The molecule has 17 nitrogen and oxygen atoms in total. The van der Waals surface area contributed by atoms with Gasteiger partial charge in [-0.25, -0.2) is 4.98 Å². The summed E-state index contributed by atoms with van der Waals surface area (Å²) in [4.78, 5) is 113. The molecule has 4 aromatic carbocycles. The van der Waals surface area contributed by atoms with E-state index in [0.29, 0.717) is 99.5 Å². The average Bonchev–Trinajstić information content (AvgIpc) is 3.65. The molecule has 3 aliphatic rings. The molecule has 2 fully saturated rings. The van der Waals surface area contributed by atoms with E-state index in [2.05, 4.69) is 36.3 Å². The van der Waals surface area contributed by atoms with Crippen LogP contribution in [0.4, 0.5) is 11.4 Å². The first-order chi connectivity index (χ1) is 36.0.